The fourth-order valence-electron chi connectivity index (χ4n) is 5.91. The number of amides is 2. The zero-order chi connectivity index (χ0) is 35.2. The number of nitrogens with zero attached hydrogens (tertiary/aromatic N) is 2. The van der Waals surface area contributed by atoms with Crippen LogP contribution in [-0.2, 0) is 27.4 Å². The first-order valence-electron chi connectivity index (χ1n) is 15.7. The predicted octanol–water partition coefficient (Wildman–Crippen LogP) is 7.33. The third-order valence-corrected chi connectivity index (χ3v) is 9.76. The molecule has 7 nitrogen and oxygen atoms in total. The number of methoxy groups -OCH3 is 1. The van der Waals surface area contributed by atoms with E-state index in [1.807, 2.05) is 19.1 Å². The highest BCUT2D eigenvalue weighted by Gasteiger charge is 2.27. The van der Waals surface area contributed by atoms with Gasteiger partial charge in [-0.3, -0.25) is 23.2 Å². The minimum absolute atomic E-state index is 0.000679. The van der Waals surface area contributed by atoms with Crippen molar-refractivity contribution in [2.24, 2.45) is 4.99 Å². The summed E-state index contributed by atoms with van der Waals surface area (Å²) in [5.41, 5.74) is 4.07. The van der Waals surface area contributed by atoms with Crippen LogP contribution in [0.5, 0.6) is 0 Å². The Bertz CT molecular complexity index is 1660. The molecule has 13 heteroatoms. The number of ether oxygens (including phenoxy) is 1. The van der Waals surface area contributed by atoms with Crippen molar-refractivity contribution in [3.05, 3.63) is 94.3 Å². The molecular weight excluding hydrogens is 643 g/mol. The first-order valence-corrected chi connectivity index (χ1v) is 18.6. The molecule has 0 aliphatic carbocycles. The van der Waals surface area contributed by atoms with Crippen molar-refractivity contribution in [3.63, 3.8) is 0 Å². The molecule has 0 radical (unpaired) electrons. The minimum atomic E-state index is -2.61. The quantitative estimate of drug-likeness (QED) is 0.0998. The van der Waals surface area contributed by atoms with E-state index in [1.54, 1.807) is 63.1 Å². The summed E-state index contributed by atoms with van der Waals surface area (Å²) >= 11 is 0. The summed E-state index contributed by atoms with van der Waals surface area (Å²) in [5.74, 6) is -2.48. The molecule has 2 unspecified atom stereocenters. The molecule has 48 heavy (non-hydrogen) atoms. The first kappa shape index (κ1) is 37.0. The summed E-state index contributed by atoms with van der Waals surface area (Å²) in [6, 6.07) is 9.57. The molecule has 3 aromatic rings. The van der Waals surface area contributed by atoms with Crippen molar-refractivity contribution in [1.82, 2.24) is 9.79 Å². The van der Waals surface area contributed by atoms with Crippen molar-refractivity contribution >= 4 is 40.6 Å². The van der Waals surface area contributed by atoms with E-state index in [-0.39, 0.29) is 29.0 Å². The molecule has 2 aromatic carbocycles. The van der Waals surface area contributed by atoms with Crippen LogP contribution in [-0.4, -0.2) is 61.3 Å². The van der Waals surface area contributed by atoms with Crippen LogP contribution in [0.1, 0.15) is 59.8 Å². The average Bonchev–Trinajstić information content (AvgIpc) is 3.55. The number of aromatic nitrogens is 1. The summed E-state index contributed by atoms with van der Waals surface area (Å²) in [6.45, 7) is 3.86. The molecule has 1 aliphatic heterocycles. The third kappa shape index (κ3) is 9.40. The fraction of sp³-hybridized carbons (Fsp3) is 0.400. The summed E-state index contributed by atoms with van der Waals surface area (Å²) in [5, 5.41) is 5.35. The molecule has 1 aromatic heterocycles. The SMILES string of the molecule is COCc1ccc(C(NC(=O)CCCCC2=NC(Cc3c(C)cc(C)n3B(F)F)C=C2)C(=O)Nc2cc(F)c(S(C)(C)C)c(F)c2)cc1. The second-order valence-electron chi connectivity index (χ2n) is 12.8. The number of benzene rings is 2. The van der Waals surface area contributed by atoms with Crippen LogP contribution in [0, 0.1) is 25.5 Å². The fourth-order valence-corrected chi connectivity index (χ4v) is 7.20. The van der Waals surface area contributed by atoms with E-state index in [4.69, 9.17) is 4.74 Å². The van der Waals surface area contributed by atoms with E-state index >= 15 is 0 Å². The number of carbonyl (C=O) groups is 2. The number of aryl methyl sites for hydroxylation is 2. The van der Waals surface area contributed by atoms with Gasteiger partial charge in [-0.25, -0.2) is 18.8 Å². The molecule has 0 bridgehead atoms. The zero-order valence-corrected chi connectivity index (χ0v) is 29.0. The number of allylic oxidation sites excluding steroid dienone is 1. The van der Waals surface area contributed by atoms with Crippen LogP contribution in [0.15, 0.2) is 64.5 Å². The Hall–Kier alpha value is -3.84. The summed E-state index contributed by atoms with van der Waals surface area (Å²) in [6.07, 6.45) is 11.4. The van der Waals surface area contributed by atoms with Crippen LogP contribution in [0.2, 0.25) is 0 Å². The van der Waals surface area contributed by atoms with Crippen LogP contribution in [0.3, 0.4) is 0 Å². The summed E-state index contributed by atoms with van der Waals surface area (Å²) < 4.78 is 63.1. The number of rotatable bonds is 15. The molecule has 258 valence electrons. The zero-order valence-electron chi connectivity index (χ0n) is 28.2. The maximum absolute atomic E-state index is 14.9. The lowest BCUT2D eigenvalue weighted by Crippen LogP contribution is -2.37. The summed E-state index contributed by atoms with van der Waals surface area (Å²) in [7, 11) is -2.74. The molecule has 2 amide bonds. The van der Waals surface area contributed by atoms with Gasteiger partial charge < -0.3 is 19.8 Å². The molecule has 1 aliphatic rings. The van der Waals surface area contributed by atoms with Gasteiger partial charge in [0.05, 0.1) is 17.5 Å². The number of anilines is 1. The minimum Gasteiger partial charge on any atom is -0.380 e. The van der Waals surface area contributed by atoms with Crippen molar-refractivity contribution in [2.75, 3.05) is 31.2 Å². The maximum Gasteiger partial charge on any atom is 0.677 e. The molecule has 0 saturated heterocycles. The van der Waals surface area contributed by atoms with Gasteiger partial charge in [0.25, 0.3) is 5.91 Å². The van der Waals surface area contributed by atoms with Gasteiger partial charge in [-0.1, -0.05) is 30.3 Å². The predicted molar refractivity (Wildman–Crippen MR) is 186 cm³/mol. The number of carbonyl (C=O) groups excluding carboxylic acids is 2. The lowest BCUT2D eigenvalue weighted by Gasteiger charge is -2.27. The lowest BCUT2D eigenvalue weighted by molar-refractivity contribution is -0.126. The van der Waals surface area contributed by atoms with Gasteiger partial charge in [0.2, 0.25) is 5.91 Å². The molecule has 2 N–H and O–H groups in total. The van der Waals surface area contributed by atoms with Crippen molar-refractivity contribution < 1.29 is 31.7 Å². The van der Waals surface area contributed by atoms with E-state index in [2.05, 4.69) is 15.6 Å². The van der Waals surface area contributed by atoms with Gasteiger partial charge in [0.1, 0.15) is 17.7 Å². The smallest absolute Gasteiger partial charge is 0.380 e. The molecule has 2 heterocycles. The normalized spacial score (nSPS) is 15.3. The highest BCUT2D eigenvalue weighted by Crippen LogP contribution is 2.48. The van der Waals surface area contributed by atoms with E-state index in [1.165, 1.54) is 0 Å². The van der Waals surface area contributed by atoms with Gasteiger partial charge >= 0.3 is 7.40 Å². The highest BCUT2D eigenvalue weighted by atomic mass is 32.3. The second kappa shape index (κ2) is 16.0. The largest absolute Gasteiger partial charge is 0.677 e. The molecular formula is C35H43BF4N4O3S. The number of unbranched alkanes of at least 4 members (excludes halogenated alkanes) is 1. The number of aliphatic imine (C=N–C) groups is 1. The van der Waals surface area contributed by atoms with Gasteiger partial charge in [-0.15, -0.1) is 0 Å². The number of hydrogen-bond donors (Lipinski definition) is 2. The molecule has 4 rings (SSSR count). The first-order chi connectivity index (χ1) is 22.7. The van der Waals surface area contributed by atoms with Crippen LogP contribution >= 0.6 is 10.0 Å². The van der Waals surface area contributed by atoms with E-state index in [0.29, 0.717) is 49.2 Å². The Balaban J connectivity index is 1.37. The van der Waals surface area contributed by atoms with Crippen molar-refractivity contribution in [1.29, 1.82) is 0 Å². The Morgan fingerprint density at radius 1 is 1.04 bits per heavy atom. The van der Waals surface area contributed by atoms with E-state index in [9.17, 15) is 27.0 Å². The van der Waals surface area contributed by atoms with Crippen LogP contribution in [0.25, 0.3) is 0 Å². The van der Waals surface area contributed by atoms with Gasteiger partial charge in [-0.2, -0.15) is 0 Å². The van der Waals surface area contributed by atoms with Gasteiger partial charge in [0.15, 0.2) is 0 Å². The lowest BCUT2D eigenvalue weighted by atomic mass is 10.0. The topological polar surface area (TPSA) is 84.7 Å². The molecule has 0 fully saturated rings. The molecule has 2 atom stereocenters. The second-order valence-corrected chi connectivity index (χ2v) is 16.9. The van der Waals surface area contributed by atoms with Gasteiger partial charge in [0, 0.05) is 42.7 Å². The molecule has 0 spiro atoms. The van der Waals surface area contributed by atoms with Crippen molar-refractivity contribution in [3.8, 4) is 0 Å². The van der Waals surface area contributed by atoms with Crippen LogP contribution in [0.4, 0.5) is 23.1 Å². The monoisotopic (exact) mass is 686 g/mol. The highest BCUT2D eigenvalue weighted by molar-refractivity contribution is 8.32. The Morgan fingerprint density at radius 3 is 2.31 bits per heavy atom. The van der Waals surface area contributed by atoms with Crippen molar-refractivity contribution in [2.45, 2.75) is 69.5 Å². The van der Waals surface area contributed by atoms with Crippen LogP contribution < -0.4 is 10.6 Å². The van der Waals surface area contributed by atoms with Gasteiger partial charge in [-0.05, 0) is 92.8 Å². The molecule has 0 saturated carbocycles. The standard InChI is InChI=1S/C35H43BF4N4O3S/c1-22-17-23(2)44(36(39)40)31(22)20-27-16-15-26(41-27)9-7-8-10-32(45)43-33(25-13-11-24(12-14-25)21-47-3)35(46)42-28-18-29(37)34(30(38)19-28)48(4,5)6/h11-19,27,33H,7-10,20-21H2,1-6H3,(H,42,46)(H,43,45). The maximum atomic E-state index is 14.9. The Kier molecular flexibility index (Phi) is 12.4. The summed E-state index contributed by atoms with van der Waals surface area (Å²) in [4.78, 5) is 31.2. The average molecular weight is 687 g/mol. The van der Waals surface area contributed by atoms with E-state index in [0.717, 1.165) is 33.4 Å². The number of hydrogen-bond acceptors (Lipinski definition) is 4. The Labute approximate surface area is 281 Å². The van der Waals surface area contributed by atoms with E-state index < -0.39 is 41.0 Å². The Morgan fingerprint density at radius 2 is 1.71 bits per heavy atom. The third-order valence-electron chi connectivity index (χ3n) is 8.15. The number of halogens is 4. The number of nitrogens with one attached hydrogen (secondary N) is 2.